The van der Waals surface area contributed by atoms with Gasteiger partial charge in [0.05, 0.1) is 23.3 Å². The zero-order valence-electron chi connectivity index (χ0n) is 13.4. The van der Waals surface area contributed by atoms with Crippen molar-refractivity contribution in [2.24, 2.45) is 0 Å². The number of rotatable bonds is 3. The minimum atomic E-state index is -0.464. The van der Waals surface area contributed by atoms with Gasteiger partial charge in [-0.05, 0) is 31.2 Å². The lowest BCUT2D eigenvalue weighted by Crippen LogP contribution is -2.56. The minimum absolute atomic E-state index is 0.0138. The second-order valence-corrected chi connectivity index (χ2v) is 8.30. The van der Waals surface area contributed by atoms with Crippen LogP contribution >= 0.6 is 23.5 Å². The largest absolute Gasteiger partial charge is 0.465 e. The van der Waals surface area contributed by atoms with Crippen molar-refractivity contribution in [1.82, 2.24) is 4.90 Å². The van der Waals surface area contributed by atoms with Crippen molar-refractivity contribution in [1.29, 1.82) is 0 Å². The van der Waals surface area contributed by atoms with E-state index in [0.717, 1.165) is 5.75 Å². The predicted octanol–water partition coefficient (Wildman–Crippen LogP) is 1.82. The Labute approximate surface area is 148 Å². The third kappa shape index (κ3) is 3.12. The summed E-state index contributed by atoms with van der Waals surface area (Å²) in [5.41, 5.74) is 1.01. The van der Waals surface area contributed by atoms with Gasteiger partial charge in [0.2, 0.25) is 11.8 Å². The molecule has 2 unspecified atom stereocenters. The molecule has 0 aromatic heterocycles. The van der Waals surface area contributed by atoms with Gasteiger partial charge in [0.15, 0.2) is 0 Å². The standard InChI is InChI=1S/C16H18N2O4S2/c1-16-9-23-8-13(19)18(16)12(7-24-16)14(20)17-11-5-3-10(4-6-11)15(21)22-2/h3-6,12H,7-9H2,1-2H3,(H,17,20). The Bertz CT molecular complexity index is 679. The summed E-state index contributed by atoms with van der Waals surface area (Å²) in [4.78, 5) is 37.7. The fraction of sp³-hybridized carbons (Fsp3) is 0.438. The average Bonchev–Trinajstić information content (AvgIpc) is 2.93. The van der Waals surface area contributed by atoms with E-state index in [9.17, 15) is 14.4 Å². The SMILES string of the molecule is COC(=O)c1ccc(NC(=O)C2CSC3(C)CSCC(=O)N23)cc1. The molecule has 0 spiro atoms. The van der Waals surface area contributed by atoms with Crippen molar-refractivity contribution >= 4 is 47.0 Å². The maximum atomic E-state index is 12.6. The second-order valence-electron chi connectivity index (χ2n) is 5.82. The molecule has 2 saturated heterocycles. The highest BCUT2D eigenvalue weighted by atomic mass is 32.2. The van der Waals surface area contributed by atoms with Crippen molar-refractivity contribution < 1.29 is 19.1 Å². The van der Waals surface area contributed by atoms with E-state index in [1.807, 2.05) is 6.92 Å². The fourth-order valence-corrected chi connectivity index (χ4v) is 5.61. The number of benzene rings is 1. The van der Waals surface area contributed by atoms with Gasteiger partial charge in [-0.15, -0.1) is 23.5 Å². The molecule has 2 heterocycles. The lowest BCUT2D eigenvalue weighted by Gasteiger charge is -2.40. The Morgan fingerprint density at radius 3 is 2.71 bits per heavy atom. The molecule has 2 aliphatic heterocycles. The van der Waals surface area contributed by atoms with Crippen molar-refractivity contribution in [3.8, 4) is 0 Å². The number of hydrogen-bond acceptors (Lipinski definition) is 6. The number of carbonyl (C=O) groups is 3. The Balaban J connectivity index is 1.71. The van der Waals surface area contributed by atoms with Gasteiger partial charge >= 0.3 is 5.97 Å². The smallest absolute Gasteiger partial charge is 0.337 e. The summed E-state index contributed by atoms with van der Waals surface area (Å²) in [6.45, 7) is 2.01. The number of ether oxygens (including phenoxy) is 1. The van der Waals surface area contributed by atoms with Gasteiger partial charge in [0.1, 0.15) is 6.04 Å². The van der Waals surface area contributed by atoms with E-state index in [1.54, 1.807) is 52.7 Å². The molecule has 2 atom stereocenters. The molecular formula is C16H18N2O4S2. The monoisotopic (exact) mass is 366 g/mol. The van der Waals surface area contributed by atoms with Crippen LogP contribution in [0.15, 0.2) is 24.3 Å². The van der Waals surface area contributed by atoms with Gasteiger partial charge in [-0.2, -0.15) is 0 Å². The molecule has 1 N–H and O–H groups in total. The highest BCUT2D eigenvalue weighted by Crippen LogP contribution is 2.44. The molecule has 2 aliphatic rings. The van der Waals surface area contributed by atoms with E-state index in [2.05, 4.69) is 10.1 Å². The lowest BCUT2D eigenvalue weighted by atomic mass is 10.1. The molecule has 1 aromatic rings. The molecule has 2 amide bonds. The summed E-state index contributed by atoms with van der Waals surface area (Å²) >= 11 is 3.27. The van der Waals surface area contributed by atoms with Crippen LogP contribution in [-0.4, -0.2) is 58.0 Å². The molecule has 0 aliphatic carbocycles. The minimum Gasteiger partial charge on any atom is -0.465 e. The molecule has 0 radical (unpaired) electrons. The van der Waals surface area contributed by atoms with E-state index < -0.39 is 12.0 Å². The van der Waals surface area contributed by atoms with Gasteiger partial charge in [0.25, 0.3) is 0 Å². The zero-order chi connectivity index (χ0) is 17.3. The maximum absolute atomic E-state index is 12.6. The number of fused-ring (bicyclic) bond motifs is 1. The topological polar surface area (TPSA) is 75.7 Å². The van der Waals surface area contributed by atoms with E-state index in [0.29, 0.717) is 22.8 Å². The average molecular weight is 366 g/mol. The van der Waals surface area contributed by atoms with Crippen molar-refractivity contribution in [2.45, 2.75) is 17.8 Å². The third-order valence-electron chi connectivity index (χ3n) is 4.11. The predicted molar refractivity (Wildman–Crippen MR) is 95.2 cm³/mol. The van der Waals surface area contributed by atoms with Gasteiger partial charge in [0, 0.05) is 17.2 Å². The summed E-state index contributed by atoms with van der Waals surface area (Å²) in [6.07, 6.45) is 0. The number of thioether (sulfide) groups is 2. The summed E-state index contributed by atoms with van der Waals surface area (Å²) in [5, 5.41) is 2.83. The second kappa shape index (κ2) is 6.68. The summed E-state index contributed by atoms with van der Waals surface area (Å²) in [7, 11) is 1.32. The molecule has 1 aromatic carbocycles. The first kappa shape index (κ1) is 17.2. The number of hydrogen-bond donors (Lipinski definition) is 1. The van der Waals surface area contributed by atoms with Crippen LogP contribution in [0.4, 0.5) is 5.69 Å². The van der Waals surface area contributed by atoms with Crippen LogP contribution in [0.1, 0.15) is 17.3 Å². The van der Waals surface area contributed by atoms with Gasteiger partial charge in [-0.3, -0.25) is 9.59 Å². The normalized spacial score (nSPS) is 26.0. The highest BCUT2D eigenvalue weighted by molar-refractivity contribution is 8.04. The van der Waals surface area contributed by atoms with Crippen LogP contribution in [0.5, 0.6) is 0 Å². The third-order valence-corrected chi connectivity index (χ3v) is 6.96. The van der Waals surface area contributed by atoms with Crippen LogP contribution in [0.2, 0.25) is 0 Å². The first-order chi connectivity index (χ1) is 11.4. The summed E-state index contributed by atoms with van der Waals surface area (Å²) in [5.74, 6) is 1.24. The van der Waals surface area contributed by atoms with Crippen LogP contribution in [-0.2, 0) is 14.3 Å². The maximum Gasteiger partial charge on any atom is 0.337 e. The number of carbonyl (C=O) groups excluding carboxylic acids is 3. The van der Waals surface area contributed by atoms with E-state index >= 15 is 0 Å². The zero-order valence-corrected chi connectivity index (χ0v) is 15.0. The molecular weight excluding hydrogens is 348 g/mol. The molecule has 24 heavy (non-hydrogen) atoms. The van der Waals surface area contributed by atoms with Gasteiger partial charge in [-0.25, -0.2) is 4.79 Å². The number of nitrogens with zero attached hydrogens (tertiary/aromatic N) is 1. The fourth-order valence-electron chi connectivity index (χ4n) is 2.90. The van der Waals surface area contributed by atoms with Crippen molar-refractivity contribution in [2.75, 3.05) is 29.7 Å². The quantitative estimate of drug-likeness (QED) is 0.823. The molecule has 128 valence electrons. The molecule has 0 bridgehead atoms. The molecule has 6 nitrogen and oxygen atoms in total. The highest BCUT2D eigenvalue weighted by Gasteiger charge is 2.51. The molecule has 8 heteroatoms. The lowest BCUT2D eigenvalue weighted by molar-refractivity contribution is -0.138. The van der Waals surface area contributed by atoms with Crippen LogP contribution in [0.25, 0.3) is 0 Å². The first-order valence-electron chi connectivity index (χ1n) is 7.48. The Morgan fingerprint density at radius 2 is 2.04 bits per heavy atom. The first-order valence-corrected chi connectivity index (χ1v) is 9.62. The van der Waals surface area contributed by atoms with Crippen molar-refractivity contribution in [3.05, 3.63) is 29.8 Å². The van der Waals surface area contributed by atoms with E-state index in [-0.39, 0.29) is 16.7 Å². The number of amides is 2. The van der Waals surface area contributed by atoms with Crippen LogP contribution in [0, 0.1) is 0 Å². The Hall–Kier alpha value is -1.67. The Kier molecular flexibility index (Phi) is 4.78. The van der Waals surface area contributed by atoms with Crippen LogP contribution in [0.3, 0.4) is 0 Å². The molecule has 0 saturated carbocycles. The van der Waals surface area contributed by atoms with Gasteiger partial charge < -0.3 is 15.0 Å². The number of methoxy groups -OCH3 is 1. The number of nitrogens with one attached hydrogen (secondary N) is 1. The van der Waals surface area contributed by atoms with E-state index in [4.69, 9.17) is 0 Å². The van der Waals surface area contributed by atoms with Crippen LogP contribution < -0.4 is 5.32 Å². The number of esters is 1. The Morgan fingerprint density at radius 1 is 1.33 bits per heavy atom. The van der Waals surface area contributed by atoms with Crippen molar-refractivity contribution in [3.63, 3.8) is 0 Å². The molecule has 3 rings (SSSR count). The summed E-state index contributed by atoms with van der Waals surface area (Å²) < 4.78 is 4.65. The van der Waals surface area contributed by atoms with E-state index in [1.165, 1.54) is 7.11 Å². The number of anilines is 1. The molecule has 2 fully saturated rings. The summed E-state index contributed by atoms with van der Waals surface area (Å²) in [6, 6.07) is 6.03. The van der Waals surface area contributed by atoms with Gasteiger partial charge in [-0.1, -0.05) is 0 Å².